The van der Waals surface area contributed by atoms with Gasteiger partial charge < -0.3 is 23.9 Å². The lowest BCUT2D eigenvalue weighted by Crippen LogP contribution is -2.35. The number of nitrogens with zero attached hydrogens (tertiary/aromatic N) is 1. The van der Waals surface area contributed by atoms with Crippen molar-refractivity contribution in [2.24, 2.45) is 0 Å². The minimum atomic E-state index is -0.509. The van der Waals surface area contributed by atoms with Crippen molar-refractivity contribution in [2.75, 3.05) is 27.2 Å². The number of piperidine rings is 1. The molecule has 0 amide bonds. The second-order valence-corrected chi connectivity index (χ2v) is 10.3. The molecule has 0 radical (unpaired) electrons. The fourth-order valence-electron chi connectivity index (χ4n) is 5.15. The summed E-state index contributed by atoms with van der Waals surface area (Å²) < 4.78 is 17.4. The maximum Gasteiger partial charge on any atom is 0.339 e. The number of phenols is 1. The molecule has 3 aromatic carbocycles. The van der Waals surface area contributed by atoms with Gasteiger partial charge in [0.05, 0.1) is 7.11 Å². The zero-order chi connectivity index (χ0) is 27.5. The molecule has 1 aliphatic heterocycles. The van der Waals surface area contributed by atoms with E-state index >= 15 is 0 Å². The summed E-state index contributed by atoms with van der Waals surface area (Å²) in [6.45, 7) is 3.89. The van der Waals surface area contributed by atoms with Crippen LogP contribution >= 0.6 is 0 Å². The highest BCUT2D eigenvalue weighted by Gasteiger charge is 2.20. The summed E-state index contributed by atoms with van der Waals surface area (Å²) in [5.41, 5.74) is 3.45. The molecule has 5 rings (SSSR count). The van der Waals surface area contributed by atoms with Gasteiger partial charge in [-0.25, -0.2) is 4.79 Å². The molecule has 1 N–H and O–H groups in total. The van der Waals surface area contributed by atoms with Gasteiger partial charge in [-0.2, -0.15) is 0 Å². The SMILES string of the molecule is COc1ccc(CC(=O)Cc2cc3ccc(OC4CCN(C)CC4)c(C)c3oc2=O)cc1-c1cccc(O)c1. The first-order valence-electron chi connectivity index (χ1n) is 13.2. The molecule has 2 heterocycles. The normalized spacial score (nSPS) is 14.4. The number of rotatable bonds is 8. The number of aryl methyl sites for hydroxylation is 1. The number of carbonyl (C=O) groups is 1. The monoisotopic (exact) mass is 527 g/mol. The van der Waals surface area contributed by atoms with E-state index in [1.165, 1.54) is 0 Å². The molecule has 202 valence electrons. The van der Waals surface area contributed by atoms with Crippen molar-refractivity contribution in [1.29, 1.82) is 0 Å². The average Bonchev–Trinajstić information content (AvgIpc) is 2.92. The van der Waals surface area contributed by atoms with Crippen molar-refractivity contribution < 1.29 is 23.8 Å². The van der Waals surface area contributed by atoms with Gasteiger partial charge in [0.2, 0.25) is 0 Å². The van der Waals surface area contributed by atoms with Crippen molar-refractivity contribution in [3.63, 3.8) is 0 Å². The van der Waals surface area contributed by atoms with Crippen molar-refractivity contribution >= 4 is 16.8 Å². The molecule has 1 saturated heterocycles. The van der Waals surface area contributed by atoms with Crippen LogP contribution < -0.4 is 15.1 Å². The lowest BCUT2D eigenvalue weighted by Gasteiger charge is -2.29. The van der Waals surface area contributed by atoms with Crippen molar-refractivity contribution in [1.82, 2.24) is 4.90 Å². The van der Waals surface area contributed by atoms with E-state index in [2.05, 4.69) is 11.9 Å². The number of benzene rings is 3. The largest absolute Gasteiger partial charge is 0.508 e. The highest BCUT2D eigenvalue weighted by molar-refractivity contribution is 5.86. The van der Waals surface area contributed by atoms with Crippen molar-refractivity contribution in [3.8, 4) is 28.4 Å². The van der Waals surface area contributed by atoms with Crippen LogP contribution in [0.15, 0.2) is 69.9 Å². The van der Waals surface area contributed by atoms with Crippen LogP contribution in [0.25, 0.3) is 22.1 Å². The summed E-state index contributed by atoms with van der Waals surface area (Å²) in [5.74, 6) is 1.41. The summed E-state index contributed by atoms with van der Waals surface area (Å²) in [5, 5.41) is 10.7. The predicted molar refractivity (Wildman–Crippen MR) is 151 cm³/mol. The van der Waals surface area contributed by atoms with Gasteiger partial charge >= 0.3 is 5.63 Å². The Morgan fingerprint density at radius 3 is 2.54 bits per heavy atom. The molecule has 0 bridgehead atoms. The number of Topliss-reactive ketones (excluding diaryl/α,β-unsaturated/α-hetero) is 1. The van der Waals surface area contributed by atoms with Gasteiger partial charge in [-0.15, -0.1) is 0 Å². The van der Waals surface area contributed by atoms with Crippen LogP contribution in [-0.2, 0) is 17.6 Å². The number of fused-ring (bicyclic) bond motifs is 1. The number of ketones is 1. The second-order valence-electron chi connectivity index (χ2n) is 10.3. The Labute approximate surface area is 227 Å². The van der Waals surface area contributed by atoms with Crippen LogP contribution in [-0.4, -0.2) is 49.1 Å². The summed E-state index contributed by atoms with van der Waals surface area (Å²) in [6, 6.07) is 17.9. The molecule has 7 nitrogen and oxygen atoms in total. The third kappa shape index (κ3) is 5.99. The molecular formula is C32H33NO6. The number of hydrogen-bond donors (Lipinski definition) is 1. The Kier molecular flexibility index (Phi) is 7.70. The summed E-state index contributed by atoms with van der Waals surface area (Å²) in [7, 11) is 3.69. The number of methoxy groups -OCH3 is 1. The van der Waals surface area contributed by atoms with Crippen LogP contribution in [0, 0.1) is 6.92 Å². The van der Waals surface area contributed by atoms with Gasteiger partial charge in [0.1, 0.15) is 34.7 Å². The van der Waals surface area contributed by atoms with E-state index in [0.717, 1.165) is 59.3 Å². The molecule has 4 aromatic rings. The minimum Gasteiger partial charge on any atom is -0.508 e. The van der Waals surface area contributed by atoms with Crippen molar-refractivity contribution in [3.05, 3.63) is 87.8 Å². The smallest absolute Gasteiger partial charge is 0.339 e. The Morgan fingerprint density at radius 1 is 1.03 bits per heavy atom. The van der Waals surface area contributed by atoms with Gasteiger partial charge in [-0.3, -0.25) is 4.79 Å². The molecule has 1 aromatic heterocycles. The quantitative estimate of drug-likeness (QED) is 0.311. The van der Waals surface area contributed by atoms with Gasteiger partial charge in [0.25, 0.3) is 0 Å². The molecule has 7 heteroatoms. The lowest BCUT2D eigenvalue weighted by atomic mass is 9.97. The van der Waals surface area contributed by atoms with E-state index in [0.29, 0.717) is 16.9 Å². The molecule has 39 heavy (non-hydrogen) atoms. The molecular weight excluding hydrogens is 494 g/mol. The summed E-state index contributed by atoms with van der Waals surface area (Å²) >= 11 is 0. The molecule has 0 spiro atoms. The van der Waals surface area contributed by atoms with Crippen LogP contribution in [0.5, 0.6) is 17.2 Å². The number of carbonyl (C=O) groups excluding carboxylic acids is 1. The maximum absolute atomic E-state index is 13.0. The van der Waals surface area contributed by atoms with Crippen LogP contribution in [0.2, 0.25) is 0 Å². The molecule has 1 aliphatic rings. The highest BCUT2D eigenvalue weighted by Crippen LogP contribution is 2.33. The molecule has 0 saturated carbocycles. The zero-order valence-corrected chi connectivity index (χ0v) is 22.5. The Balaban J connectivity index is 1.33. The van der Waals surface area contributed by atoms with E-state index in [1.807, 2.05) is 37.3 Å². The summed E-state index contributed by atoms with van der Waals surface area (Å²) in [6.07, 6.45) is 2.19. The maximum atomic E-state index is 13.0. The Bertz CT molecular complexity index is 1570. The number of ether oxygens (including phenoxy) is 2. The van der Waals surface area contributed by atoms with Gasteiger partial charge in [-0.1, -0.05) is 18.2 Å². The molecule has 0 atom stereocenters. The molecule has 0 unspecified atom stereocenters. The van der Waals surface area contributed by atoms with Crippen LogP contribution in [0.4, 0.5) is 0 Å². The second kappa shape index (κ2) is 11.3. The molecule has 1 fully saturated rings. The highest BCUT2D eigenvalue weighted by atomic mass is 16.5. The average molecular weight is 528 g/mol. The Morgan fingerprint density at radius 2 is 1.79 bits per heavy atom. The van der Waals surface area contributed by atoms with Crippen LogP contribution in [0.3, 0.4) is 0 Å². The number of likely N-dealkylation sites (tertiary alicyclic amines) is 1. The van der Waals surface area contributed by atoms with Gasteiger partial charge in [-0.05, 0) is 80.4 Å². The topological polar surface area (TPSA) is 89.2 Å². The third-order valence-electron chi connectivity index (χ3n) is 7.34. The zero-order valence-electron chi connectivity index (χ0n) is 22.5. The number of hydrogen-bond acceptors (Lipinski definition) is 7. The Hall–Kier alpha value is -4.10. The van der Waals surface area contributed by atoms with E-state index < -0.39 is 5.63 Å². The predicted octanol–water partition coefficient (Wildman–Crippen LogP) is 5.31. The van der Waals surface area contributed by atoms with E-state index in [4.69, 9.17) is 13.9 Å². The van der Waals surface area contributed by atoms with Crippen molar-refractivity contribution in [2.45, 2.75) is 38.7 Å². The minimum absolute atomic E-state index is 0.0291. The third-order valence-corrected chi connectivity index (χ3v) is 7.34. The first-order chi connectivity index (χ1) is 18.8. The van der Waals surface area contributed by atoms with E-state index in [-0.39, 0.29) is 30.5 Å². The molecule has 0 aliphatic carbocycles. The number of aromatic hydroxyl groups is 1. The van der Waals surface area contributed by atoms with Gasteiger partial charge in [0.15, 0.2) is 0 Å². The van der Waals surface area contributed by atoms with Gasteiger partial charge in [0, 0.05) is 48.0 Å². The fraction of sp³-hybridized carbons (Fsp3) is 0.312. The standard InChI is InChI=1S/C32H33NO6/c1-20-29(38-27-11-13-33(2)14-12-27)10-8-23-17-24(32(36)39-31(20)23)19-26(35)15-21-7-9-30(37-3)28(16-21)22-5-4-6-25(34)18-22/h4-10,16-18,27,34H,11-15,19H2,1-3H3. The summed E-state index contributed by atoms with van der Waals surface area (Å²) in [4.78, 5) is 28.2. The van der Waals surface area contributed by atoms with Crippen LogP contribution in [0.1, 0.15) is 29.5 Å². The van der Waals surface area contributed by atoms with E-state index in [1.54, 1.807) is 37.4 Å². The number of phenolic OH excluding ortho intramolecular Hbond substituents is 1. The van der Waals surface area contributed by atoms with E-state index in [9.17, 15) is 14.7 Å². The lowest BCUT2D eigenvalue weighted by molar-refractivity contribution is -0.117. The first kappa shape index (κ1) is 26.5. The fourth-order valence-corrected chi connectivity index (χ4v) is 5.15. The first-order valence-corrected chi connectivity index (χ1v) is 13.2.